The Labute approximate surface area is 108 Å². The Balaban J connectivity index is 2.45. The van der Waals surface area contributed by atoms with Gasteiger partial charge in [0.2, 0.25) is 10.0 Å². The van der Waals surface area contributed by atoms with Gasteiger partial charge in [-0.1, -0.05) is 0 Å². The van der Waals surface area contributed by atoms with E-state index >= 15 is 0 Å². The Morgan fingerprint density at radius 1 is 1.37 bits per heavy atom. The predicted molar refractivity (Wildman–Crippen MR) is 60.9 cm³/mol. The van der Waals surface area contributed by atoms with Gasteiger partial charge in [-0.25, -0.2) is 17.2 Å². The number of carbonyl (C=O) groups is 1. The average molecular weight is 291 g/mol. The van der Waals surface area contributed by atoms with E-state index in [1.807, 2.05) is 0 Å². The largest absolute Gasteiger partial charge is 0.480 e. The molecule has 1 saturated heterocycles. The standard InChI is InChI=1S/C11H11F2NO4S/c12-7-3-4-10(8(13)6-7)19(17,18)14-5-1-2-9(14)11(15)16/h3-4,6,9H,1-2,5H2,(H,15,16). The topological polar surface area (TPSA) is 74.7 Å². The second kappa shape index (κ2) is 4.86. The van der Waals surface area contributed by atoms with Gasteiger partial charge in [0, 0.05) is 12.6 Å². The summed E-state index contributed by atoms with van der Waals surface area (Å²) in [5.41, 5.74) is 0. The lowest BCUT2D eigenvalue weighted by atomic mass is 10.2. The first kappa shape index (κ1) is 13.9. The van der Waals surface area contributed by atoms with Crippen molar-refractivity contribution in [3.05, 3.63) is 29.8 Å². The van der Waals surface area contributed by atoms with Crippen molar-refractivity contribution in [2.24, 2.45) is 0 Å². The maximum absolute atomic E-state index is 13.5. The van der Waals surface area contributed by atoms with E-state index in [9.17, 15) is 22.0 Å². The molecule has 8 heteroatoms. The molecule has 19 heavy (non-hydrogen) atoms. The molecule has 1 aromatic rings. The van der Waals surface area contributed by atoms with Crippen molar-refractivity contribution in [1.29, 1.82) is 0 Å². The third-order valence-electron chi connectivity index (χ3n) is 2.97. The number of hydrogen-bond donors (Lipinski definition) is 1. The summed E-state index contributed by atoms with van der Waals surface area (Å²) in [5.74, 6) is -3.40. The molecular formula is C11H11F2NO4S. The third-order valence-corrected chi connectivity index (χ3v) is 4.91. The molecule has 1 aliphatic rings. The minimum Gasteiger partial charge on any atom is -0.480 e. The van der Waals surface area contributed by atoms with Gasteiger partial charge in [0.25, 0.3) is 0 Å². The van der Waals surface area contributed by atoms with Crippen LogP contribution < -0.4 is 0 Å². The Hall–Kier alpha value is -1.54. The maximum atomic E-state index is 13.5. The molecule has 1 aliphatic heterocycles. The van der Waals surface area contributed by atoms with E-state index in [0.717, 1.165) is 16.4 Å². The first-order valence-electron chi connectivity index (χ1n) is 5.54. The Kier molecular flexibility index (Phi) is 3.55. The van der Waals surface area contributed by atoms with E-state index in [0.29, 0.717) is 12.5 Å². The Morgan fingerprint density at radius 3 is 2.63 bits per heavy atom. The third kappa shape index (κ3) is 2.45. The lowest BCUT2D eigenvalue weighted by Crippen LogP contribution is -2.40. The zero-order valence-corrected chi connectivity index (χ0v) is 10.5. The Bertz CT molecular complexity index is 617. The molecule has 1 unspecified atom stereocenters. The summed E-state index contributed by atoms with van der Waals surface area (Å²) < 4.78 is 51.4. The van der Waals surface area contributed by atoms with Crippen LogP contribution in [0.25, 0.3) is 0 Å². The van der Waals surface area contributed by atoms with E-state index in [4.69, 9.17) is 5.11 Å². The molecule has 0 aromatic heterocycles. The molecule has 0 saturated carbocycles. The lowest BCUT2D eigenvalue weighted by molar-refractivity contribution is -0.140. The molecule has 1 heterocycles. The minimum absolute atomic E-state index is 0.0100. The highest BCUT2D eigenvalue weighted by Gasteiger charge is 2.40. The van der Waals surface area contributed by atoms with Crippen LogP contribution in [0.3, 0.4) is 0 Å². The van der Waals surface area contributed by atoms with Gasteiger partial charge in [-0.3, -0.25) is 4.79 Å². The van der Waals surface area contributed by atoms with E-state index in [-0.39, 0.29) is 13.0 Å². The van der Waals surface area contributed by atoms with Crippen LogP contribution in [0.5, 0.6) is 0 Å². The van der Waals surface area contributed by atoms with Crippen molar-refractivity contribution in [3.8, 4) is 0 Å². The first-order valence-corrected chi connectivity index (χ1v) is 6.98. The number of aliphatic carboxylic acids is 1. The van der Waals surface area contributed by atoms with Crippen LogP contribution in [-0.4, -0.2) is 36.4 Å². The summed E-state index contributed by atoms with van der Waals surface area (Å²) >= 11 is 0. The van der Waals surface area contributed by atoms with Gasteiger partial charge in [0.1, 0.15) is 22.6 Å². The fourth-order valence-corrected chi connectivity index (χ4v) is 3.78. The van der Waals surface area contributed by atoms with Crippen LogP contribution in [0.2, 0.25) is 0 Å². The van der Waals surface area contributed by atoms with Crippen LogP contribution in [0.1, 0.15) is 12.8 Å². The summed E-state index contributed by atoms with van der Waals surface area (Å²) in [6.07, 6.45) is 0.566. The normalized spacial score (nSPS) is 20.6. The molecule has 104 valence electrons. The number of rotatable bonds is 3. The molecular weight excluding hydrogens is 280 g/mol. The van der Waals surface area contributed by atoms with Gasteiger partial charge in [0.15, 0.2) is 0 Å². The summed E-state index contributed by atoms with van der Waals surface area (Å²) in [6.45, 7) is 0.0100. The van der Waals surface area contributed by atoms with Crippen molar-refractivity contribution in [3.63, 3.8) is 0 Å². The molecule has 0 amide bonds. The number of nitrogens with zero attached hydrogens (tertiary/aromatic N) is 1. The van der Waals surface area contributed by atoms with Gasteiger partial charge >= 0.3 is 5.97 Å². The van der Waals surface area contributed by atoms with Crippen LogP contribution in [-0.2, 0) is 14.8 Å². The van der Waals surface area contributed by atoms with Crippen molar-refractivity contribution < 1.29 is 27.1 Å². The van der Waals surface area contributed by atoms with Crippen molar-refractivity contribution in [2.75, 3.05) is 6.54 Å². The molecule has 0 radical (unpaired) electrons. The summed E-state index contributed by atoms with van der Waals surface area (Å²) in [5, 5.41) is 8.95. The summed E-state index contributed by atoms with van der Waals surface area (Å²) in [6, 6.07) is 0.882. The molecule has 2 rings (SSSR count). The van der Waals surface area contributed by atoms with Gasteiger partial charge < -0.3 is 5.11 Å². The van der Waals surface area contributed by atoms with Crippen molar-refractivity contribution in [2.45, 2.75) is 23.8 Å². The number of benzene rings is 1. The van der Waals surface area contributed by atoms with E-state index in [1.165, 1.54) is 0 Å². The molecule has 1 atom stereocenters. The smallest absolute Gasteiger partial charge is 0.322 e. The van der Waals surface area contributed by atoms with Crippen LogP contribution in [0.4, 0.5) is 8.78 Å². The first-order chi connectivity index (χ1) is 8.84. The molecule has 0 spiro atoms. The SMILES string of the molecule is O=C(O)C1CCCN1S(=O)(=O)c1ccc(F)cc1F. The lowest BCUT2D eigenvalue weighted by Gasteiger charge is -2.21. The number of sulfonamides is 1. The highest BCUT2D eigenvalue weighted by molar-refractivity contribution is 7.89. The van der Waals surface area contributed by atoms with E-state index in [2.05, 4.69) is 0 Å². The minimum atomic E-state index is -4.27. The molecule has 0 aliphatic carbocycles. The van der Waals surface area contributed by atoms with Crippen molar-refractivity contribution >= 4 is 16.0 Å². The maximum Gasteiger partial charge on any atom is 0.322 e. The second-order valence-electron chi connectivity index (χ2n) is 4.19. The zero-order valence-electron chi connectivity index (χ0n) is 9.71. The number of carboxylic acids is 1. The van der Waals surface area contributed by atoms with Gasteiger partial charge in [-0.15, -0.1) is 0 Å². The van der Waals surface area contributed by atoms with Crippen molar-refractivity contribution in [1.82, 2.24) is 4.31 Å². The quantitative estimate of drug-likeness (QED) is 0.908. The van der Waals surface area contributed by atoms with Gasteiger partial charge in [-0.05, 0) is 25.0 Å². The molecule has 0 bridgehead atoms. The number of hydrogen-bond acceptors (Lipinski definition) is 3. The number of carboxylic acid groups (broad SMARTS) is 1. The fraction of sp³-hybridized carbons (Fsp3) is 0.364. The fourth-order valence-electron chi connectivity index (χ4n) is 2.09. The zero-order chi connectivity index (χ0) is 14.2. The summed E-state index contributed by atoms with van der Waals surface area (Å²) in [4.78, 5) is 10.3. The average Bonchev–Trinajstić information content (AvgIpc) is 2.77. The highest BCUT2D eigenvalue weighted by Crippen LogP contribution is 2.27. The van der Waals surface area contributed by atoms with Crippen LogP contribution in [0.15, 0.2) is 23.1 Å². The molecule has 1 N–H and O–H groups in total. The van der Waals surface area contributed by atoms with Gasteiger partial charge in [-0.2, -0.15) is 4.31 Å². The summed E-state index contributed by atoms with van der Waals surface area (Å²) in [7, 11) is -4.27. The molecule has 5 nitrogen and oxygen atoms in total. The van der Waals surface area contributed by atoms with Crippen LogP contribution >= 0.6 is 0 Å². The van der Waals surface area contributed by atoms with E-state index < -0.39 is 38.6 Å². The van der Waals surface area contributed by atoms with Crippen LogP contribution in [0, 0.1) is 11.6 Å². The predicted octanol–water partition coefficient (Wildman–Crippen LogP) is 1.20. The monoisotopic (exact) mass is 291 g/mol. The van der Waals surface area contributed by atoms with E-state index in [1.54, 1.807) is 0 Å². The number of halogens is 2. The molecule has 1 aromatic carbocycles. The Morgan fingerprint density at radius 2 is 2.05 bits per heavy atom. The second-order valence-corrected chi connectivity index (χ2v) is 6.05. The highest BCUT2D eigenvalue weighted by atomic mass is 32.2. The molecule has 1 fully saturated rings. The van der Waals surface area contributed by atoms with Gasteiger partial charge in [0.05, 0.1) is 0 Å².